The fraction of sp³-hybridized carbons (Fsp3) is 0.409. The van der Waals surface area contributed by atoms with Crippen molar-refractivity contribution in [3.8, 4) is 0 Å². The fourth-order valence-corrected chi connectivity index (χ4v) is 3.52. The first-order valence-electron chi connectivity index (χ1n) is 9.69. The molecule has 1 amide bonds. The van der Waals surface area contributed by atoms with Crippen molar-refractivity contribution in [2.45, 2.75) is 46.3 Å². The molecular weight excluding hydrogens is 372 g/mol. The largest absolute Gasteiger partial charge is 0.478 e. The van der Waals surface area contributed by atoms with Crippen molar-refractivity contribution < 1.29 is 19.4 Å². The highest BCUT2D eigenvalue weighted by Crippen LogP contribution is 2.29. The Kier molecular flexibility index (Phi) is 5.50. The molecule has 1 N–H and O–H groups in total. The van der Waals surface area contributed by atoms with Gasteiger partial charge >= 0.3 is 12.1 Å². The SMILES string of the molecule is CCn1c(=O)cc(C2=CCN(C(=O)OC(C)(C)C)CC2)c2cc(C(=O)O)ccc21. The van der Waals surface area contributed by atoms with Gasteiger partial charge in [-0.1, -0.05) is 6.08 Å². The van der Waals surface area contributed by atoms with Gasteiger partial charge in [0.05, 0.1) is 11.1 Å². The van der Waals surface area contributed by atoms with E-state index in [1.165, 1.54) is 6.07 Å². The second-order valence-corrected chi connectivity index (χ2v) is 8.08. The molecule has 0 unspecified atom stereocenters. The molecule has 0 atom stereocenters. The van der Waals surface area contributed by atoms with Crippen LogP contribution in [0.4, 0.5) is 4.79 Å². The average Bonchev–Trinajstić information content (AvgIpc) is 2.65. The number of aromatic nitrogens is 1. The van der Waals surface area contributed by atoms with Crippen LogP contribution in [0.15, 0.2) is 35.1 Å². The van der Waals surface area contributed by atoms with Crippen LogP contribution in [-0.4, -0.2) is 45.3 Å². The number of amides is 1. The van der Waals surface area contributed by atoms with Crippen molar-refractivity contribution in [3.63, 3.8) is 0 Å². The van der Waals surface area contributed by atoms with Crippen LogP contribution < -0.4 is 5.56 Å². The minimum absolute atomic E-state index is 0.131. The summed E-state index contributed by atoms with van der Waals surface area (Å²) in [5.74, 6) is -1.01. The zero-order valence-corrected chi connectivity index (χ0v) is 17.2. The number of benzene rings is 1. The predicted molar refractivity (Wildman–Crippen MR) is 111 cm³/mol. The summed E-state index contributed by atoms with van der Waals surface area (Å²) in [6, 6.07) is 6.37. The summed E-state index contributed by atoms with van der Waals surface area (Å²) in [7, 11) is 0. The standard InChI is InChI=1S/C22H26N2O5/c1-5-24-18-7-6-15(20(26)27)12-17(18)16(13-19(24)25)14-8-10-23(11-9-14)21(28)29-22(2,3)4/h6-8,12-13H,5,9-11H2,1-4H3,(H,26,27). The Balaban J connectivity index is 2.02. The third-order valence-electron chi connectivity index (χ3n) is 4.88. The topological polar surface area (TPSA) is 88.8 Å². The molecular formula is C22H26N2O5. The van der Waals surface area contributed by atoms with Crippen LogP contribution in [0.1, 0.15) is 50.0 Å². The molecule has 1 aliphatic heterocycles. The average molecular weight is 398 g/mol. The normalized spacial score (nSPS) is 14.6. The number of ether oxygens (including phenoxy) is 1. The Morgan fingerprint density at radius 1 is 1.21 bits per heavy atom. The molecule has 0 radical (unpaired) electrons. The zero-order valence-electron chi connectivity index (χ0n) is 17.2. The van der Waals surface area contributed by atoms with Crippen LogP contribution in [0.2, 0.25) is 0 Å². The minimum Gasteiger partial charge on any atom is -0.478 e. The Morgan fingerprint density at radius 3 is 2.48 bits per heavy atom. The van der Waals surface area contributed by atoms with E-state index in [1.54, 1.807) is 27.7 Å². The summed E-state index contributed by atoms with van der Waals surface area (Å²) in [6.07, 6.45) is 2.10. The van der Waals surface area contributed by atoms with E-state index in [0.29, 0.717) is 31.6 Å². The number of carbonyl (C=O) groups is 2. The highest BCUT2D eigenvalue weighted by atomic mass is 16.6. The van der Waals surface area contributed by atoms with Gasteiger partial charge in [0.15, 0.2) is 0 Å². The second-order valence-electron chi connectivity index (χ2n) is 8.08. The molecule has 1 aliphatic rings. The lowest BCUT2D eigenvalue weighted by Crippen LogP contribution is -2.39. The van der Waals surface area contributed by atoms with E-state index in [0.717, 1.165) is 16.5 Å². The number of rotatable bonds is 3. The maximum absolute atomic E-state index is 12.6. The fourth-order valence-electron chi connectivity index (χ4n) is 3.52. The lowest BCUT2D eigenvalue weighted by Gasteiger charge is -2.30. The first-order chi connectivity index (χ1) is 13.6. The van der Waals surface area contributed by atoms with Crippen molar-refractivity contribution in [1.82, 2.24) is 9.47 Å². The summed E-state index contributed by atoms with van der Waals surface area (Å²) in [6.45, 7) is 8.69. The summed E-state index contributed by atoms with van der Waals surface area (Å²) in [5.41, 5.74) is 1.84. The van der Waals surface area contributed by atoms with Crippen molar-refractivity contribution in [2.24, 2.45) is 0 Å². The van der Waals surface area contributed by atoms with E-state index < -0.39 is 11.6 Å². The van der Waals surface area contributed by atoms with Gasteiger partial charge in [-0.15, -0.1) is 0 Å². The minimum atomic E-state index is -1.01. The first kappa shape index (κ1) is 20.6. The van der Waals surface area contributed by atoms with E-state index in [1.807, 2.05) is 33.8 Å². The van der Waals surface area contributed by atoms with Crippen LogP contribution in [0, 0.1) is 0 Å². The Morgan fingerprint density at radius 2 is 1.93 bits per heavy atom. The highest BCUT2D eigenvalue weighted by Gasteiger charge is 2.25. The number of fused-ring (bicyclic) bond motifs is 1. The molecule has 2 heterocycles. The molecule has 0 saturated carbocycles. The van der Waals surface area contributed by atoms with Gasteiger partial charge in [0, 0.05) is 31.1 Å². The Labute approximate surface area is 169 Å². The third-order valence-corrected chi connectivity index (χ3v) is 4.88. The maximum atomic E-state index is 12.6. The van der Waals surface area contributed by atoms with Gasteiger partial charge in [-0.2, -0.15) is 0 Å². The lowest BCUT2D eigenvalue weighted by atomic mass is 9.95. The summed E-state index contributed by atoms with van der Waals surface area (Å²) in [5, 5.41) is 10.1. The van der Waals surface area contributed by atoms with Crippen molar-refractivity contribution >= 4 is 28.5 Å². The molecule has 154 valence electrons. The van der Waals surface area contributed by atoms with Crippen LogP contribution >= 0.6 is 0 Å². The van der Waals surface area contributed by atoms with E-state index in [2.05, 4.69) is 0 Å². The monoisotopic (exact) mass is 398 g/mol. The van der Waals surface area contributed by atoms with Gasteiger partial charge in [0.1, 0.15) is 5.60 Å². The van der Waals surface area contributed by atoms with Gasteiger partial charge in [0.2, 0.25) is 0 Å². The van der Waals surface area contributed by atoms with Gasteiger partial charge in [-0.05, 0) is 63.5 Å². The maximum Gasteiger partial charge on any atom is 0.410 e. The van der Waals surface area contributed by atoms with E-state index in [9.17, 15) is 19.5 Å². The third kappa shape index (κ3) is 4.34. The summed E-state index contributed by atoms with van der Waals surface area (Å²) in [4.78, 5) is 38.0. The van der Waals surface area contributed by atoms with Gasteiger partial charge < -0.3 is 19.3 Å². The van der Waals surface area contributed by atoms with E-state index >= 15 is 0 Å². The number of hydrogen-bond acceptors (Lipinski definition) is 4. The smallest absolute Gasteiger partial charge is 0.410 e. The summed E-state index contributed by atoms with van der Waals surface area (Å²) >= 11 is 0. The van der Waals surface area contributed by atoms with Crippen LogP contribution in [0.25, 0.3) is 16.5 Å². The Hall–Kier alpha value is -3.09. The quantitative estimate of drug-likeness (QED) is 0.851. The van der Waals surface area contributed by atoms with Gasteiger partial charge in [-0.3, -0.25) is 4.79 Å². The number of carbonyl (C=O) groups excluding carboxylic acids is 1. The molecule has 2 aromatic rings. The predicted octanol–water partition coefficient (Wildman–Crippen LogP) is 3.74. The number of carboxylic acid groups (broad SMARTS) is 1. The lowest BCUT2D eigenvalue weighted by molar-refractivity contribution is 0.0270. The van der Waals surface area contributed by atoms with Gasteiger partial charge in [-0.25, -0.2) is 9.59 Å². The molecule has 0 saturated heterocycles. The molecule has 1 aromatic carbocycles. The molecule has 3 rings (SSSR count). The van der Waals surface area contributed by atoms with Crippen LogP contribution in [0.5, 0.6) is 0 Å². The van der Waals surface area contributed by atoms with Crippen LogP contribution in [0.3, 0.4) is 0 Å². The Bertz CT molecular complexity index is 1060. The highest BCUT2D eigenvalue weighted by molar-refractivity contribution is 5.98. The van der Waals surface area contributed by atoms with E-state index in [-0.39, 0.29) is 17.2 Å². The molecule has 29 heavy (non-hydrogen) atoms. The molecule has 0 fully saturated rings. The first-order valence-corrected chi connectivity index (χ1v) is 9.69. The number of aromatic carboxylic acids is 1. The zero-order chi connectivity index (χ0) is 21.3. The number of nitrogens with zero attached hydrogens (tertiary/aromatic N) is 2. The second kappa shape index (κ2) is 7.73. The molecule has 7 heteroatoms. The molecule has 1 aromatic heterocycles. The van der Waals surface area contributed by atoms with E-state index in [4.69, 9.17) is 4.74 Å². The van der Waals surface area contributed by atoms with Crippen LogP contribution in [-0.2, 0) is 11.3 Å². The number of pyridine rings is 1. The van der Waals surface area contributed by atoms with Crippen molar-refractivity contribution in [2.75, 3.05) is 13.1 Å². The molecule has 0 aliphatic carbocycles. The number of aryl methyl sites for hydroxylation is 1. The summed E-state index contributed by atoms with van der Waals surface area (Å²) < 4.78 is 7.04. The molecule has 7 nitrogen and oxygen atoms in total. The van der Waals surface area contributed by atoms with Crippen molar-refractivity contribution in [1.29, 1.82) is 0 Å². The number of carboxylic acids is 1. The van der Waals surface area contributed by atoms with Gasteiger partial charge in [0.25, 0.3) is 5.56 Å². The van der Waals surface area contributed by atoms with Crippen molar-refractivity contribution in [3.05, 3.63) is 51.8 Å². The number of hydrogen-bond donors (Lipinski definition) is 1. The molecule has 0 bridgehead atoms. The molecule has 0 spiro atoms.